The second kappa shape index (κ2) is 6.23. The van der Waals surface area contributed by atoms with Crippen LogP contribution in [0.5, 0.6) is 5.75 Å². The Morgan fingerprint density at radius 1 is 1.33 bits per heavy atom. The van der Waals surface area contributed by atoms with Gasteiger partial charge < -0.3 is 19.6 Å². The summed E-state index contributed by atoms with van der Waals surface area (Å²) in [5, 5.41) is 3.22. The maximum atomic E-state index is 12.7. The number of aryl methyl sites for hydroxylation is 2. The van der Waals surface area contributed by atoms with Crippen LogP contribution in [0.15, 0.2) is 41.5 Å². The van der Waals surface area contributed by atoms with Gasteiger partial charge in [0.1, 0.15) is 5.75 Å². The van der Waals surface area contributed by atoms with E-state index in [-0.39, 0.29) is 11.5 Å². The van der Waals surface area contributed by atoms with E-state index in [4.69, 9.17) is 4.74 Å². The molecule has 0 atom stereocenters. The molecule has 1 aromatic carbocycles. The van der Waals surface area contributed by atoms with E-state index in [0.29, 0.717) is 34.5 Å². The molecule has 0 spiro atoms. The monoisotopic (exact) mass is 325 g/mol. The summed E-state index contributed by atoms with van der Waals surface area (Å²) < 4.78 is 7.00. The van der Waals surface area contributed by atoms with Crippen molar-refractivity contribution in [2.75, 3.05) is 11.9 Å². The third kappa shape index (κ3) is 2.67. The van der Waals surface area contributed by atoms with E-state index in [9.17, 15) is 9.59 Å². The zero-order valence-electron chi connectivity index (χ0n) is 13.8. The van der Waals surface area contributed by atoms with Gasteiger partial charge in [0.15, 0.2) is 0 Å². The molecule has 2 N–H and O–H groups in total. The molecule has 3 rings (SSSR count). The van der Waals surface area contributed by atoms with Crippen molar-refractivity contribution < 1.29 is 9.53 Å². The minimum absolute atomic E-state index is 0.208. The number of hydrogen-bond donors (Lipinski definition) is 2. The van der Waals surface area contributed by atoms with Gasteiger partial charge in [-0.3, -0.25) is 9.59 Å². The highest BCUT2D eigenvalue weighted by Crippen LogP contribution is 2.25. The van der Waals surface area contributed by atoms with Crippen LogP contribution in [0.4, 0.5) is 5.69 Å². The summed E-state index contributed by atoms with van der Waals surface area (Å²) in [7, 11) is 1.67. The number of aromatic amines is 1. The van der Waals surface area contributed by atoms with Gasteiger partial charge in [-0.2, -0.15) is 0 Å². The zero-order chi connectivity index (χ0) is 17.3. The Morgan fingerprint density at radius 2 is 2.08 bits per heavy atom. The molecule has 1 amide bonds. The van der Waals surface area contributed by atoms with Crippen LogP contribution in [0.3, 0.4) is 0 Å². The number of ether oxygens (including phenoxy) is 1. The lowest BCUT2D eigenvalue weighted by molar-refractivity contribution is 0.102. The standard InChI is InChI=1S/C18H19N3O3/c1-4-24-14-8-6-5-7-13(14)20-17(22)12-9-19-16-11(2)10-21(3)18(23)15(12)16/h5-10,19H,4H2,1-3H3,(H,20,22). The first-order chi connectivity index (χ1) is 11.5. The molecule has 0 saturated carbocycles. The molecule has 0 aliphatic rings. The number of benzene rings is 1. The number of anilines is 1. The van der Waals surface area contributed by atoms with E-state index >= 15 is 0 Å². The number of fused-ring (bicyclic) bond motifs is 1. The van der Waals surface area contributed by atoms with Crippen molar-refractivity contribution in [1.82, 2.24) is 9.55 Å². The quantitative estimate of drug-likeness (QED) is 0.774. The summed E-state index contributed by atoms with van der Waals surface area (Å²) in [6, 6.07) is 7.21. The number of hydrogen-bond acceptors (Lipinski definition) is 3. The fourth-order valence-electron chi connectivity index (χ4n) is 2.77. The van der Waals surface area contributed by atoms with Gasteiger partial charge in [-0.25, -0.2) is 0 Å². The molecule has 124 valence electrons. The Labute approximate surface area is 139 Å². The Hall–Kier alpha value is -3.02. The molecule has 0 unspecified atom stereocenters. The van der Waals surface area contributed by atoms with Crippen molar-refractivity contribution in [3.8, 4) is 5.75 Å². The van der Waals surface area contributed by atoms with E-state index in [0.717, 1.165) is 5.56 Å². The van der Waals surface area contributed by atoms with Gasteiger partial charge in [0, 0.05) is 19.4 Å². The van der Waals surface area contributed by atoms with Crippen molar-refractivity contribution in [2.45, 2.75) is 13.8 Å². The SMILES string of the molecule is CCOc1ccccc1NC(=O)c1c[nH]c2c(C)cn(C)c(=O)c12. The van der Waals surface area contributed by atoms with Gasteiger partial charge in [0.05, 0.1) is 28.8 Å². The molecule has 0 aliphatic carbocycles. The number of H-pyrrole nitrogens is 1. The fourth-order valence-corrected chi connectivity index (χ4v) is 2.77. The number of nitrogens with zero attached hydrogens (tertiary/aromatic N) is 1. The average Bonchev–Trinajstić information content (AvgIpc) is 3.00. The fraction of sp³-hybridized carbons (Fsp3) is 0.222. The van der Waals surface area contributed by atoms with Crippen molar-refractivity contribution >= 4 is 22.5 Å². The summed E-state index contributed by atoms with van der Waals surface area (Å²) in [4.78, 5) is 28.1. The normalized spacial score (nSPS) is 10.8. The molecule has 2 aromatic heterocycles. The number of para-hydroxylation sites is 2. The molecule has 0 saturated heterocycles. The predicted octanol–water partition coefficient (Wildman–Crippen LogP) is 2.83. The number of aromatic nitrogens is 2. The topological polar surface area (TPSA) is 76.1 Å². The van der Waals surface area contributed by atoms with Gasteiger partial charge in [-0.15, -0.1) is 0 Å². The lowest BCUT2D eigenvalue weighted by Crippen LogP contribution is -2.20. The Bertz CT molecular complexity index is 969. The molecular weight excluding hydrogens is 306 g/mol. The highest BCUT2D eigenvalue weighted by Gasteiger charge is 2.18. The molecular formula is C18H19N3O3. The zero-order valence-corrected chi connectivity index (χ0v) is 13.8. The third-order valence-electron chi connectivity index (χ3n) is 3.88. The van der Waals surface area contributed by atoms with E-state index in [2.05, 4.69) is 10.3 Å². The van der Waals surface area contributed by atoms with Crippen LogP contribution in [0.25, 0.3) is 10.9 Å². The summed E-state index contributed by atoms with van der Waals surface area (Å²) >= 11 is 0. The summed E-state index contributed by atoms with van der Waals surface area (Å²) in [6.07, 6.45) is 3.31. The van der Waals surface area contributed by atoms with Crippen molar-refractivity contribution in [3.63, 3.8) is 0 Å². The lowest BCUT2D eigenvalue weighted by atomic mass is 10.1. The Morgan fingerprint density at radius 3 is 2.83 bits per heavy atom. The van der Waals surface area contributed by atoms with Gasteiger partial charge in [0.25, 0.3) is 11.5 Å². The summed E-state index contributed by atoms with van der Waals surface area (Å²) in [5.41, 5.74) is 2.27. The maximum absolute atomic E-state index is 12.7. The molecule has 6 heteroatoms. The predicted molar refractivity (Wildman–Crippen MR) is 93.8 cm³/mol. The molecule has 24 heavy (non-hydrogen) atoms. The molecule has 2 heterocycles. The molecule has 0 fully saturated rings. The molecule has 0 bridgehead atoms. The second-order valence-electron chi connectivity index (χ2n) is 5.56. The number of nitrogens with one attached hydrogen (secondary N) is 2. The van der Waals surface area contributed by atoms with E-state index in [1.165, 1.54) is 4.57 Å². The Balaban J connectivity index is 2.03. The highest BCUT2D eigenvalue weighted by atomic mass is 16.5. The van der Waals surface area contributed by atoms with Crippen LogP contribution in [-0.2, 0) is 7.05 Å². The van der Waals surface area contributed by atoms with Crippen LogP contribution in [0, 0.1) is 6.92 Å². The van der Waals surface area contributed by atoms with Crippen LogP contribution < -0.4 is 15.6 Å². The molecule has 3 aromatic rings. The number of amides is 1. The van der Waals surface area contributed by atoms with Crippen molar-refractivity contribution in [2.24, 2.45) is 7.05 Å². The van der Waals surface area contributed by atoms with Crippen LogP contribution in [0.1, 0.15) is 22.8 Å². The largest absolute Gasteiger partial charge is 0.492 e. The van der Waals surface area contributed by atoms with Crippen LogP contribution >= 0.6 is 0 Å². The first-order valence-electron chi connectivity index (χ1n) is 7.73. The number of carbonyl (C=O) groups is 1. The summed E-state index contributed by atoms with van der Waals surface area (Å²) in [5.74, 6) is 0.244. The van der Waals surface area contributed by atoms with Crippen molar-refractivity contribution in [1.29, 1.82) is 0 Å². The van der Waals surface area contributed by atoms with Crippen LogP contribution in [0.2, 0.25) is 0 Å². The van der Waals surface area contributed by atoms with Gasteiger partial charge in [0.2, 0.25) is 0 Å². The smallest absolute Gasteiger partial charge is 0.260 e. The third-order valence-corrected chi connectivity index (χ3v) is 3.88. The molecule has 0 radical (unpaired) electrons. The van der Waals surface area contributed by atoms with Gasteiger partial charge in [-0.1, -0.05) is 12.1 Å². The number of pyridine rings is 1. The number of rotatable bonds is 4. The van der Waals surface area contributed by atoms with E-state index < -0.39 is 0 Å². The van der Waals surface area contributed by atoms with Gasteiger partial charge in [-0.05, 0) is 31.5 Å². The summed E-state index contributed by atoms with van der Waals surface area (Å²) in [6.45, 7) is 4.27. The molecule has 6 nitrogen and oxygen atoms in total. The molecule has 0 aliphatic heterocycles. The lowest BCUT2D eigenvalue weighted by Gasteiger charge is -2.11. The first kappa shape index (κ1) is 15.9. The number of carbonyl (C=O) groups excluding carboxylic acids is 1. The van der Waals surface area contributed by atoms with Crippen molar-refractivity contribution in [3.05, 3.63) is 58.1 Å². The van der Waals surface area contributed by atoms with E-state index in [1.807, 2.05) is 26.0 Å². The average molecular weight is 325 g/mol. The second-order valence-corrected chi connectivity index (χ2v) is 5.56. The van der Waals surface area contributed by atoms with Gasteiger partial charge >= 0.3 is 0 Å². The van der Waals surface area contributed by atoms with Crippen LogP contribution in [-0.4, -0.2) is 22.1 Å². The minimum Gasteiger partial charge on any atom is -0.492 e. The maximum Gasteiger partial charge on any atom is 0.260 e. The first-order valence-corrected chi connectivity index (χ1v) is 7.73. The highest BCUT2D eigenvalue weighted by molar-refractivity contribution is 6.13. The van der Waals surface area contributed by atoms with E-state index in [1.54, 1.807) is 31.6 Å². The minimum atomic E-state index is -0.351. The Kier molecular flexibility index (Phi) is 4.12.